The monoisotopic (exact) mass is 285 g/mol. The topological polar surface area (TPSA) is 70.2 Å². The Bertz CT molecular complexity index is 385. The van der Waals surface area contributed by atoms with Crippen LogP contribution in [-0.2, 0) is 4.79 Å². The number of carbonyl (C=O) groups excluding carboxylic acids is 2. The Balaban J connectivity index is 0.00000324. The normalized spacial score (nSPS) is 9.32. The second-order valence-electron chi connectivity index (χ2n) is 3.75. The molecule has 0 aromatic heterocycles. The molecule has 1 aromatic carbocycles. The third kappa shape index (κ3) is 7.43. The van der Waals surface area contributed by atoms with Gasteiger partial charge < -0.3 is 16.0 Å². The van der Waals surface area contributed by atoms with Crippen molar-refractivity contribution in [3.05, 3.63) is 35.9 Å². The van der Waals surface area contributed by atoms with Crippen molar-refractivity contribution in [3.8, 4) is 0 Å². The zero-order chi connectivity index (χ0) is 13.2. The van der Waals surface area contributed by atoms with Crippen molar-refractivity contribution in [2.24, 2.45) is 0 Å². The number of benzene rings is 1. The molecule has 1 aromatic rings. The molecule has 0 atom stereocenters. The Morgan fingerprint density at radius 2 is 1.74 bits per heavy atom. The molecule has 0 aliphatic carbocycles. The maximum atomic E-state index is 11.6. The lowest BCUT2D eigenvalue weighted by atomic mass is 10.2. The van der Waals surface area contributed by atoms with E-state index in [1.165, 1.54) is 0 Å². The van der Waals surface area contributed by atoms with E-state index in [2.05, 4.69) is 16.0 Å². The molecule has 0 bridgehead atoms. The molecular formula is C13H20ClN3O2. The molecule has 0 spiro atoms. The zero-order valence-corrected chi connectivity index (χ0v) is 11.8. The summed E-state index contributed by atoms with van der Waals surface area (Å²) in [6.07, 6.45) is 0. The van der Waals surface area contributed by atoms with E-state index < -0.39 is 0 Å². The van der Waals surface area contributed by atoms with Crippen molar-refractivity contribution in [3.63, 3.8) is 0 Å². The second kappa shape index (κ2) is 10.3. The van der Waals surface area contributed by atoms with Gasteiger partial charge in [-0.05, 0) is 18.7 Å². The van der Waals surface area contributed by atoms with Crippen LogP contribution in [0.25, 0.3) is 0 Å². The van der Waals surface area contributed by atoms with E-state index in [-0.39, 0.29) is 30.8 Å². The minimum Gasteiger partial charge on any atom is -0.353 e. The van der Waals surface area contributed by atoms with Crippen LogP contribution in [0.1, 0.15) is 17.3 Å². The molecule has 5 nitrogen and oxygen atoms in total. The number of rotatable bonds is 7. The van der Waals surface area contributed by atoms with E-state index in [0.29, 0.717) is 12.1 Å². The van der Waals surface area contributed by atoms with Gasteiger partial charge in [-0.25, -0.2) is 0 Å². The lowest BCUT2D eigenvalue weighted by Gasteiger charge is -2.07. The van der Waals surface area contributed by atoms with Crippen molar-refractivity contribution < 1.29 is 9.59 Å². The van der Waals surface area contributed by atoms with Gasteiger partial charge >= 0.3 is 0 Å². The number of halogens is 1. The van der Waals surface area contributed by atoms with Gasteiger partial charge in [-0.2, -0.15) is 0 Å². The fraction of sp³-hybridized carbons (Fsp3) is 0.385. The molecule has 0 saturated heterocycles. The fourth-order valence-corrected chi connectivity index (χ4v) is 1.38. The van der Waals surface area contributed by atoms with Crippen LogP contribution in [0, 0.1) is 0 Å². The van der Waals surface area contributed by atoms with Gasteiger partial charge in [0.15, 0.2) is 0 Å². The molecule has 2 amide bonds. The number of carbonyl (C=O) groups is 2. The van der Waals surface area contributed by atoms with Crippen molar-refractivity contribution in [2.45, 2.75) is 6.92 Å². The van der Waals surface area contributed by atoms with Crippen LogP contribution < -0.4 is 16.0 Å². The van der Waals surface area contributed by atoms with Crippen LogP contribution in [0.4, 0.5) is 0 Å². The number of likely N-dealkylation sites (N-methyl/N-ethyl adjacent to an activating group) is 1. The summed E-state index contributed by atoms with van der Waals surface area (Å²) >= 11 is 0. The molecule has 0 radical (unpaired) electrons. The molecule has 106 valence electrons. The minimum absolute atomic E-state index is 0. The van der Waals surface area contributed by atoms with Gasteiger partial charge in [-0.1, -0.05) is 25.1 Å². The van der Waals surface area contributed by atoms with E-state index in [0.717, 1.165) is 13.1 Å². The van der Waals surface area contributed by atoms with Gasteiger partial charge in [-0.3, -0.25) is 9.59 Å². The molecular weight excluding hydrogens is 266 g/mol. The highest BCUT2D eigenvalue weighted by Crippen LogP contribution is 1.96. The highest BCUT2D eigenvalue weighted by molar-refractivity contribution is 5.96. The maximum absolute atomic E-state index is 11.6. The molecule has 0 unspecified atom stereocenters. The van der Waals surface area contributed by atoms with Gasteiger partial charge in [0, 0.05) is 18.7 Å². The predicted molar refractivity (Wildman–Crippen MR) is 77.6 cm³/mol. The number of amides is 2. The third-order valence-electron chi connectivity index (χ3n) is 2.32. The quantitative estimate of drug-likeness (QED) is 0.641. The lowest BCUT2D eigenvalue weighted by Crippen LogP contribution is -2.39. The molecule has 0 heterocycles. The summed E-state index contributed by atoms with van der Waals surface area (Å²) in [6.45, 7) is 4.17. The third-order valence-corrected chi connectivity index (χ3v) is 2.32. The summed E-state index contributed by atoms with van der Waals surface area (Å²) in [6, 6.07) is 8.82. The molecule has 1 rings (SSSR count). The molecule has 0 fully saturated rings. The summed E-state index contributed by atoms with van der Waals surface area (Å²) in [4.78, 5) is 23.0. The smallest absolute Gasteiger partial charge is 0.251 e. The standard InChI is InChI=1S/C13H19N3O2.ClH/c1-2-14-8-9-15-12(17)10-16-13(18)11-6-4-3-5-7-11;/h3-7,14H,2,8-10H2,1H3,(H,15,17)(H,16,18);1H. The molecule has 0 aliphatic rings. The Morgan fingerprint density at radius 1 is 1.05 bits per heavy atom. The second-order valence-corrected chi connectivity index (χ2v) is 3.75. The molecule has 6 heteroatoms. The average Bonchev–Trinajstić information content (AvgIpc) is 2.42. The highest BCUT2D eigenvalue weighted by Gasteiger charge is 2.06. The van der Waals surface area contributed by atoms with E-state index in [1.807, 2.05) is 13.0 Å². The zero-order valence-electron chi connectivity index (χ0n) is 10.9. The summed E-state index contributed by atoms with van der Waals surface area (Å²) in [7, 11) is 0. The van der Waals surface area contributed by atoms with Crippen LogP contribution in [0.15, 0.2) is 30.3 Å². The van der Waals surface area contributed by atoms with Gasteiger partial charge in [0.05, 0.1) is 6.54 Å². The maximum Gasteiger partial charge on any atom is 0.251 e. The molecule has 0 saturated carbocycles. The van der Waals surface area contributed by atoms with Gasteiger partial charge in [0.25, 0.3) is 5.91 Å². The van der Waals surface area contributed by atoms with Crippen molar-refractivity contribution >= 4 is 24.2 Å². The Kier molecular flexibility index (Phi) is 9.48. The molecule has 3 N–H and O–H groups in total. The highest BCUT2D eigenvalue weighted by atomic mass is 35.5. The Morgan fingerprint density at radius 3 is 2.37 bits per heavy atom. The van der Waals surface area contributed by atoms with Crippen LogP contribution in [0.2, 0.25) is 0 Å². The van der Waals surface area contributed by atoms with Crippen molar-refractivity contribution in [1.82, 2.24) is 16.0 Å². The first-order valence-electron chi connectivity index (χ1n) is 6.04. The fourth-order valence-electron chi connectivity index (χ4n) is 1.38. The van der Waals surface area contributed by atoms with Crippen molar-refractivity contribution in [1.29, 1.82) is 0 Å². The van der Waals surface area contributed by atoms with Gasteiger partial charge in [0.2, 0.25) is 5.91 Å². The van der Waals surface area contributed by atoms with E-state index in [4.69, 9.17) is 0 Å². The van der Waals surface area contributed by atoms with Gasteiger partial charge in [0.1, 0.15) is 0 Å². The van der Waals surface area contributed by atoms with Crippen LogP contribution >= 0.6 is 12.4 Å². The minimum atomic E-state index is -0.238. The lowest BCUT2D eigenvalue weighted by molar-refractivity contribution is -0.120. The Labute approximate surface area is 119 Å². The number of nitrogens with one attached hydrogen (secondary N) is 3. The SMILES string of the molecule is CCNCCNC(=O)CNC(=O)c1ccccc1.Cl. The summed E-state index contributed by atoms with van der Waals surface area (Å²) in [5.74, 6) is -0.422. The largest absolute Gasteiger partial charge is 0.353 e. The van der Waals surface area contributed by atoms with Crippen LogP contribution in [0.3, 0.4) is 0 Å². The first-order valence-corrected chi connectivity index (χ1v) is 6.04. The number of hydrogen-bond acceptors (Lipinski definition) is 3. The molecule has 0 aliphatic heterocycles. The predicted octanol–water partition coefficient (Wildman–Crippen LogP) is 0.564. The van der Waals surface area contributed by atoms with E-state index in [9.17, 15) is 9.59 Å². The van der Waals surface area contributed by atoms with E-state index in [1.54, 1.807) is 24.3 Å². The first-order chi connectivity index (χ1) is 8.74. The average molecular weight is 286 g/mol. The summed E-state index contributed by atoms with van der Waals surface area (Å²) in [5.41, 5.74) is 0.554. The Hall–Kier alpha value is -1.59. The van der Waals surface area contributed by atoms with Crippen LogP contribution in [-0.4, -0.2) is 38.0 Å². The number of hydrogen-bond donors (Lipinski definition) is 3. The van der Waals surface area contributed by atoms with Crippen LogP contribution in [0.5, 0.6) is 0 Å². The van der Waals surface area contributed by atoms with Crippen molar-refractivity contribution in [2.75, 3.05) is 26.2 Å². The molecule has 19 heavy (non-hydrogen) atoms. The summed E-state index contributed by atoms with van der Waals surface area (Å²) in [5, 5.41) is 8.37. The van der Waals surface area contributed by atoms with Gasteiger partial charge in [-0.15, -0.1) is 12.4 Å². The summed E-state index contributed by atoms with van der Waals surface area (Å²) < 4.78 is 0. The first kappa shape index (κ1) is 17.4. The van der Waals surface area contributed by atoms with E-state index >= 15 is 0 Å².